The van der Waals surface area contributed by atoms with Crippen LogP contribution in [0.2, 0.25) is 0 Å². The van der Waals surface area contributed by atoms with Crippen molar-refractivity contribution in [3.05, 3.63) is 30.3 Å². The summed E-state index contributed by atoms with van der Waals surface area (Å²) in [5, 5.41) is 8.89. The molecule has 3 atom stereocenters. The fourth-order valence-electron chi connectivity index (χ4n) is 1.38. The van der Waals surface area contributed by atoms with Crippen molar-refractivity contribution in [2.45, 2.75) is 39.1 Å². The lowest BCUT2D eigenvalue weighted by Gasteiger charge is -2.14. The Bertz CT molecular complexity index is 342. The second-order valence-corrected chi connectivity index (χ2v) is 5.12. The summed E-state index contributed by atoms with van der Waals surface area (Å²) in [7, 11) is 3.34. The molecule has 1 aromatic carbocycles. The second-order valence-electron chi connectivity index (χ2n) is 5.12. The van der Waals surface area contributed by atoms with Crippen LogP contribution in [0, 0.1) is 0 Å². The molecular weight excluding hydrogens is 284 g/mol. The predicted molar refractivity (Wildman–Crippen MR) is 87.4 cm³/mol. The zero-order valence-electron chi connectivity index (χ0n) is 14.3. The summed E-state index contributed by atoms with van der Waals surface area (Å²) < 4.78 is 20.5. The average Bonchev–Trinajstić information content (AvgIpc) is 2.52. The van der Waals surface area contributed by atoms with Gasteiger partial charge in [-0.25, -0.2) is 0 Å². The van der Waals surface area contributed by atoms with Gasteiger partial charge in [0.25, 0.3) is 0 Å². The van der Waals surface area contributed by atoms with Gasteiger partial charge in [0.15, 0.2) is 0 Å². The minimum atomic E-state index is -0.407. The summed E-state index contributed by atoms with van der Waals surface area (Å²) in [5.41, 5.74) is 0. The number of hydrogen-bond acceptors (Lipinski definition) is 5. The highest BCUT2D eigenvalue weighted by Crippen LogP contribution is 2.08. The maximum atomic E-state index is 8.89. The van der Waals surface area contributed by atoms with Gasteiger partial charge < -0.3 is 24.1 Å². The van der Waals surface area contributed by atoms with E-state index in [-0.39, 0.29) is 12.2 Å². The Morgan fingerprint density at radius 3 is 2.05 bits per heavy atom. The van der Waals surface area contributed by atoms with E-state index in [9.17, 15) is 0 Å². The van der Waals surface area contributed by atoms with Crippen molar-refractivity contribution in [2.75, 3.05) is 34.0 Å². The normalized spacial score (nSPS) is 14.5. The highest BCUT2D eigenvalue weighted by atomic mass is 16.5. The average molecular weight is 314 g/mol. The van der Waals surface area contributed by atoms with Crippen LogP contribution in [-0.2, 0) is 14.2 Å². The Morgan fingerprint density at radius 2 is 1.55 bits per heavy atom. The largest absolute Gasteiger partial charge is 0.491 e. The fourth-order valence-corrected chi connectivity index (χ4v) is 1.38. The van der Waals surface area contributed by atoms with Crippen molar-refractivity contribution < 1.29 is 24.1 Å². The van der Waals surface area contributed by atoms with E-state index >= 15 is 0 Å². The summed E-state index contributed by atoms with van der Waals surface area (Å²) >= 11 is 0. The Kier molecular flexibility index (Phi) is 12.8. The lowest BCUT2D eigenvalue weighted by atomic mass is 10.3. The molecule has 1 rings (SSSR count). The van der Waals surface area contributed by atoms with E-state index < -0.39 is 6.10 Å². The summed E-state index contributed by atoms with van der Waals surface area (Å²) in [6.45, 7) is 7.26. The molecule has 0 spiro atoms. The fraction of sp³-hybridized carbons (Fsp3) is 0.647. The van der Waals surface area contributed by atoms with Crippen LogP contribution in [-0.4, -0.2) is 57.5 Å². The molecule has 0 amide bonds. The molecule has 1 aromatic rings. The van der Waals surface area contributed by atoms with E-state index in [1.807, 2.05) is 44.2 Å². The van der Waals surface area contributed by atoms with Gasteiger partial charge in [0.2, 0.25) is 0 Å². The Balaban J connectivity index is 0.000000401. The molecule has 0 fully saturated rings. The van der Waals surface area contributed by atoms with Gasteiger partial charge >= 0.3 is 0 Å². The van der Waals surface area contributed by atoms with Crippen LogP contribution in [0.4, 0.5) is 0 Å². The zero-order chi connectivity index (χ0) is 16.8. The summed E-state index contributed by atoms with van der Waals surface area (Å²) in [6, 6.07) is 9.45. The first-order valence-corrected chi connectivity index (χ1v) is 7.48. The Morgan fingerprint density at radius 1 is 0.909 bits per heavy atom. The molecule has 0 saturated carbocycles. The third-order valence-electron chi connectivity index (χ3n) is 2.65. The van der Waals surface area contributed by atoms with E-state index in [2.05, 4.69) is 0 Å². The first-order valence-electron chi connectivity index (χ1n) is 7.48. The first-order chi connectivity index (χ1) is 10.5. The molecule has 0 aliphatic heterocycles. The van der Waals surface area contributed by atoms with Crippen LogP contribution < -0.4 is 4.74 Å². The molecule has 3 unspecified atom stereocenters. The molecule has 0 aliphatic rings. The molecule has 1 N–H and O–H groups in total. The van der Waals surface area contributed by atoms with Gasteiger partial charge in [0.1, 0.15) is 12.4 Å². The molecule has 0 aromatic heterocycles. The molecule has 0 heterocycles. The minimum absolute atomic E-state index is 0.151. The first kappa shape index (κ1) is 20.9. The van der Waals surface area contributed by atoms with E-state index in [0.29, 0.717) is 19.8 Å². The number of rotatable bonds is 9. The van der Waals surface area contributed by atoms with Gasteiger partial charge in [0.05, 0.1) is 31.5 Å². The van der Waals surface area contributed by atoms with Crippen molar-refractivity contribution in [3.63, 3.8) is 0 Å². The summed E-state index contributed by atoms with van der Waals surface area (Å²) in [5.74, 6) is 0.799. The van der Waals surface area contributed by atoms with E-state index in [1.165, 1.54) is 0 Å². The molecule has 128 valence electrons. The molecule has 0 bridgehead atoms. The van der Waals surface area contributed by atoms with Crippen LogP contribution in [0.5, 0.6) is 5.75 Å². The quantitative estimate of drug-likeness (QED) is 0.759. The Hall–Kier alpha value is -1.14. The third-order valence-corrected chi connectivity index (χ3v) is 2.65. The molecule has 0 radical (unpaired) electrons. The predicted octanol–water partition coefficient (Wildman–Crippen LogP) is 2.52. The maximum Gasteiger partial charge on any atom is 0.119 e. The van der Waals surface area contributed by atoms with Gasteiger partial charge in [-0.15, -0.1) is 0 Å². The Labute approximate surface area is 134 Å². The topological polar surface area (TPSA) is 57.2 Å². The number of aliphatic hydroxyl groups excluding tert-OH is 1. The van der Waals surface area contributed by atoms with Crippen molar-refractivity contribution in [2.24, 2.45) is 0 Å². The highest BCUT2D eigenvalue weighted by Gasteiger charge is 2.04. The zero-order valence-corrected chi connectivity index (χ0v) is 14.3. The third kappa shape index (κ3) is 12.6. The van der Waals surface area contributed by atoms with Crippen LogP contribution in [0.3, 0.4) is 0 Å². The highest BCUT2D eigenvalue weighted by molar-refractivity contribution is 5.20. The van der Waals surface area contributed by atoms with Crippen molar-refractivity contribution in [1.82, 2.24) is 0 Å². The van der Waals surface area contributed by atoms with Gasteiger partial charge in [0, 0.05) is 14.2 Å². The molecule has 22 heavy (non-hydrogen) atoms. The molecular formula is C17H30O5. The van der Waals surface area contributed by atoms with Gasteiger partial charge in [-0.3, -0.25) is 0 Å². The van der Waals surface area contributed by atoms with Crippen LogP contribution in [0.15, 0.2) is 30.3 Å². The number of hydrogen-bond donors (Lipinski definition) is 1. The SMILES string of the molecule is CC(O)COc1ccccc1.COCC(C)OCC(C)OC. The number of ether oxygens (including phenoxy) is 4. The number of benzene rings is 1. The second kappa shape index (κ2) is 13.5. The smallest absolute Gasteiger partial charge is 0.119 e. The standard InChI is InChI=1S/C9H12O2.C8H18O3/c1-8(10)7-11-9-5-3-2-4-6-9;1-7(10-4)6-11-8(2)5-9-3/h2-6,8,10H,7H2,1H3;7-8H,5-6H2,1-4H3. The van der Waals surface area contributed by atoms with Crippen molar-refractivity contribution in [1.29, 1.82) is 0 Å². The minimum Gasteiger partial charge on any atom is -0.491 e. The number of methoxy groups -OCH3 is 2. The van der Waals surface area contributed by atoms with Gasteiger partial charge in [-0.1, -0.05) is 18.2 Å². The van der Waals surface area contributed by atoms with E-state index in [4.69, 9.17) is 24.1 Å². The molecule has 5 nitrogen and oxygen atoms in total. The molecule has 0 aliphatic carbocycles. The van der Waals surface area contributed by atoms with Gasteiger partial charge in [-0.2, -0.15) is 0 Å². The van der Waals surface area contributed by atoms with Crippen LogP contribution in [0.1, 0.15) is 20.8 Å². The maximum absolute atomic E-state index is 8.89. The molecule has 5 heteroatoms. The van der Waals surface area contributed by atoms with E-state index in [0.717, 1.165) is 5.75 Å². The number of aliphatic hydroxyl groups is 1. The molecule has 0 saturated heterocycles. The van der Waals surface area contributed by atoms with Crippen LogP contribution >= 0.6 is 0 Å². The lowest BCUT2D eigenvalue weighted by molar-refractivity contribution is -0.0386. The van der Waals surface area contributed by atoms with Gasteiger partial charge in [-0.05, 0) is 32.9 Å². The van der Waals surface area contributed by atoms with Crippen molar-refractivity contribution in [3.8, 4) is 5.75 Å². The lowest BCUT2D eigenvalue weighted by Crippen LogP contribution is -2.21. The summed E-state index contributed by atoms with van der Waals surface area (Å²) in [4.78, 5) is 0. The monoisotopic (exact) mass is 314 g/mol. The van der Waals surface area contributed by atoms with Crippen molar-refractivity contribution >= 4 is 0 Å². The summed E-state index contributed by atoms with van der Waals surface area (Å²) in [6.07, 6.45) is -0.0953. The van der Waals surface area contributed by atoms with E-state index in [1.54, 1.807) is 21.1 Å². The number of para-hydroxylation sites is 1. The van der Waals surface area contributed by atoms with Crippen LogP contribution in [0.25, 0.3) is 0 Å².